The molecule has 0 bridgehead atoms. The Morgan fingerprint density at radius 3 is 2.33 bits per heavy atom. The SMILES string of the molecule is O=C(NC(CO)(CO)CO)[C@@H]1CCN(C(=O)CC2CCC(OCCCC3CCN(C4NCC(Cl)CN4)CC3)CC2F)C1. The maximum atomic E-state index is 15.1. The summed E-state index contributed by atoms with van der Waals surface area (Å²) >= 11 is 6.15. The first-order valence-corrected chi connectivity index (χ1v) is 16.2. The molecule has 4 fully saturated rings. The van der Waals surface area contributed by atoms with Gasteiger partial charge in [0.2, 0.25) is 11.8 Å². The van der Waals surface area contributed by atoms with Gasteiger partial charge in [0.15, 0.2) is 0 Å². The number of nitrogens with zero attached hydrogens (tertiary/aromatic N) is 2. The van der Waals surface area contributed by atoms with Crippen molar-refractivity contribution in [3.8, 4) is 0 Å². The Kier molecular flexibility index (Phi) is 13.1. The number of carbonyl (C=O) groups is 2. The lowest BCUT2D eigenvalue weighted by Crippen LogP contribution is -2.62. The van der Waals surface area contributed by atoms with Crippen LogP contribution >= 0.6 is 11.6 Å². The second-order valence-electron chi connectivity index (χ2n) is 12.8. The number of piperidine rings is 1. The Morgan fingerprint density at radius 1 is 1.00 bits per heavy atom. The number of likely N-dealkylation sites (tertiary alicyclic amines) is 2. The minimum Gasteiger partial charge on any atom is -0.394 e. The molecule has 0 aromatic heterocycles. The van der Waals surface area contributed by atoms with E-state index in [1.165, 1.54) is 12.8 Å². The molecule has 0 radical (unpaired) electrons. The maximum Gasteiger partial charge on any atom is 0.225 e. The summed E-state index contributed by atoms with van der Waals surface area (Å²) in [5.74, 6) is -0.721. The number of aliphatic hydroxyl groups excluding tert-OH is 3. The number of hydrogen-bond acceptors (Lipinski definition) is 9. The van der Waals surface area contributed by atoms with Crippen molar-refractivity contribution in [3.63, 3.8) is 0 Å². The number of ether oxygens (including phenoxy) is 1. The Balaban J connectivity index is 1.08. The largest absolute Gasteiger partial charge is 0.394 e. The van der Waals surface area contributed by atoms with E-state index < -0.39 is 43.4 Å². The number of rotatable bonds is 13. The lowest BCUT2D eigenvalue weighted by molar-refractivity contribution is -0.133. The van der Waals surface area contributed by atoms with Gasteiger partial charge in [0.05, 0.1) is 37.2 Å². The van der Waals surface area contributed by atoms with Crippen LogP contribution in [0.25, 0.3) is 0 Å². The van der Waals surface area contributed by atoms with Crippen LogP contribution in [0.3, 0.4) is 0 Å². The zero-order chi connectivity index (χ0) is 30.1. The highest BCUT2D eigenvalue weighted by molar-refractivity contribution is 6.21. The summed E-state index contributed by atoms with van der Waals surface area (Å²) in [6.45, 7) is 3.26. The van der Waals surface area contributed by atoms with Gasteiger partial charge in [-0.15, -0.1) is 11.6 Å². The summed E-state index contributed by atoms with van der Waals surface area (Å²) in [4.78, 5) is 29.6. The molecule has 3 aliphatic heterocycles. The molecule has 4 atom stereocenters. The van der Waals surface area contributed by atoms with Crippen LogP contribution in [0.5, 0.6) is 0 Å². The van der Waals surface area contributed by atoms with E-state index in [9.17, 15) is 24.9 Å². The number of halogens is 2. The van der Waals surface area contributed by atoms with E-state index >= 15 is 4.39 Å². The smallest absolute Gasteiger partial charge is 0.225 e. The van der Waals surface area contributed by atoms with Crippen molar-refractivity contribution in [1.29, 1.82) is 0 Å². The molecular weight excluding hydrogens is 569 g/mol. The summed E-state index contributed by atoms with van der Waals surface area (Å²) in [5.41, 5.74) is -1.49. The average Bonchev–Trinajstić information content (AvgIpc) is 3.51. The predicted molar refractivity (Wildman–Crippen MR) is 156 cm³/mol. The molecule has 0 aromatic rings. The first-order chi connectivity index (χ1) is 20.3. The first kappa shape index (κ1) is 33.8. The molecule has 13 heteroatoms. The summed E-state index contributed by atoms with van der Waals surface area (Å²) in [6, 6.07) is 0. The quantitative estimate of drug-likeness (QED) is 0.125. The zero-order valence-electron chi connectivity index (χ0n) is 24.7. The number of carbonyl (C=O) groups excluding carboxylic acids is 2. The van der Waals surface area contributed by atoms with E-state index in [2.05, 4.69) is 20.9 Å². The number of hydrogen-bond donors (Lipinski definition) is 6. The maximum absolute atomic E-state index is 15.1. The first-order valence-electron chi connectivity index (χ1n) is 15.8. The second-order valence-corrected chi connectivity index (χ2v) is 13.4. The van der Waals surface area contributed by atoms with Gasteiger partial charge in [0.1, 0.15) is 18.0 Å². The Morgan fingerprint density at radius 2 is 1.69 bits per heavy atom. The monoisotopic (exact) mass is 619 g/mol. The molecule has 4 rings (SSSR count). The molecule has 1 aliphatic carbocycles. The number of nitrogens with one attached hydrogen (secondary N) is 3. The van der Waals surface area contributed by atoms with Crippen molar-refractivity contribution < 1.29 is 34.0 Å². The van der Waals surface area contributed by atoms with Crippen LogP contribution < -0.4 is 16.0 Å². The number of aliphatic hydroxyl groups is 3. The van der Waals surface area contributed by atoms with Gasteiger partial charge in [-0.1, -0.05) is 0 Å². The standard InChI is InChI=1S/C29H51ClFN5O6/c30-23-14-32-28(33-15-23)35-8-5-20(6-9-35)2-1-11-42-24-4-3-21(25(31)13-24)12-26(40)36-10-7-22(16-36)27(41)34-29(17-37,18-38)19-39/h20-25,28,32-33,37-39H,1-19H2,(H,34,41)/t21?,22-,23?,24?,25?,28?/m1/s1. The van der Waals surface area contributed by atoms with E-state index in [1.807, 2.05) is 0 Å². The van der Waals surface area contributed by atoms with E-state index in [0.29, 0.717) is 38.3 Å². The molecule has 3 heterocycles. The predicted octanol–water partition coefficient (Wildman–Crippen LogP) is 0.156. The lowest BCUT2D eigenvalue weighted by atomic mass is 9.83. The fourth-order valence-electron chi connectivity index (χ4n) is 6.71. The van der Waals surface area contributed by atoms with Gasteiger partial charge < -0.3 is 30.3 Å². The van der Waals surface area contributed by atoms with Crippen molar-refractivity contribution in [1.82, 2.24) is 25.8 Å². The van der Waals surface area contributed by atoms with Crippen molar-refractivity contribution in [2.75, 3.05) is 65.7 Å². The molecular formula is C29H51ClFN5O6. The topological polar surface area (TPSA) is 147 Å². The van der Waals surface area contributed by atoms with Crippen LogP contribution in [-0.4, -0.2) is 132 Å². The van der Waals surface area contributed by atoms with E-state index in [4.69, 9.17) is 16.3 Å². The summed E-state index contributed by atoms with van der Waals surface area (Å²) in [5, 5.41) is 37.9. The zero-order valence-corrected chi connectivity index (χ0v) is 25.4. The molecule has 1 saturated carbocycles. The molecule has 3 unspecified atom stereocenters. The molecule has 242 valence electrons. The highest BCUT2D eigenvalue weighted by Gasteiger charge is 2.38. The van der Waals surface area contributed by atoms with Gasteiger partial charge in [0.25, 0.3) is 0 Å². The van der Waals surface area contributed by atoms with Gasteiger partial charge in [-0.05, 0) is 56.8 Å². The third-order valence-corrected chi connectivity index (χ3v) is 10.0. The van der Waals surface area contributed by atoms with Gasteiger partial charge in [-0.3, -0.25) is 25.1 Å². The van der Waals surface area contributed by atoms with Crippen molar-refractivity contribution in [3.05, 3.63) is 0 Å². The molecule has 6 N–H and O–H groups in total. The van der Waals surface area contributed by atoms with Crippen LogP contribution in [0.4, 0.5) is 4.39 Å². The van der Waals surface area contributed by atoms with Crippen LogP contribution in [0, 0.1) is 17.8 Å². The van der Waals surface area contributed by atoms with Gasteiger partial charge >= 0.3 is 0 Å². The third kappa shape index (κ3) is 9.20. The fourth-order valence-corrected chi connectivity index (χ4v) is 6.89. The Hall–Kier alpha value is -1.12. The van der Waals surface area contributed by atoms with Crippen LogP contribution in [0.1, 0.15) is 57.8 Å². The Bertz CT molecular complexity index is 848. The highest BCUT2D eigenvalue weighted by atomic mass is 35.5. The summed E-state index contributed by atoms with van der Waals surface area (Å²) < 4.78 is 21.1. The normalized spacial score (nSPS) is 31.8. The van der Waals surface area contributed by atoms with Gasteiger partial charge in [-0.25, -0.2) is 4.39 Å². The number of amides is 2. The third-order valence-electron chi connectivity index (χ3n) is 9.69. The molecule has 3 saturated heterocycles. The van der Waals surface area contributed by atoms with Gasteiger partial charge in [0, 0.05) is 58.7 Å². The molecule has 0 spiro atoms. The molecule has 0 aromatic carbocycles. The Labute approximate surface area is 253 Å². The lowest BCUT2D eigenvalue weighted by Gasteiger charge is -2.41. The second kappa shape index (κ2) is 16.3. The van der Waals surface area contributed by atoms with Crippen LogP contribution in [0.15, 0.2) is 0 Å². The average molecular weight is 620 g/mol. The highest BCUT2D eigenvalue weighted by Crippen LogP contribution is 2.33. The minimum atomic E-state index is -1.49. The van der Waals surface area contributed by atoms with E-state index in [-0.39, 0.29) is 42.6 Å². The summed E-state index contributed by atoms with van der Waals surface area (Å²) in [7, 11) is 0. The summed E-state index contributed by atoms with van der Waals surface area (Å²) in [6.07, 6.45) is 5.71. The van der Waals surface area contributed by atoms with Gasteiger partial charge in [-0.2, -0.15) is 0 Å². The van der Waals surface area contributed by atoms with Crippen molar-refractivity contribution >= 4 is 23.4 Å². The fraction of sp³-hybridized carbons (Fsp3) is 0.931. The molecule has 11 nitrogen and oxygen atoms in total. The van der Waals surface area contributed by atoms with E-state index in [0.717, 1.165) is 45.4 Å². The van der Waals surface area contributed by atoms with Crippen molar-refractivity contribution in [2.24, 2.45) is 17.8 Å². The van der Waals surface area contributed by atoms with Crippen LogP contribution in [0.2, 0.25) is 0 Å². The minimum absolute atomic E-state index is 0.105. The van der Waals surface area contributed by atoms with Crippen molar-refractivity contribution in [2.45, 2.75) is 87.3 Å². The molecule has 2 amide bonds. The molecule has 4 aliphatic rings. The molecule has 42 heavy (non-hydrogen) atoms. The van der Waals surface area contributed by atoms with E-state index in [1.54, 1.807) is 4.90 Å². The number of alkyl halides is 2. The van der Waals surface area contributed by atoms with Crippen LogP contribution in [-0.2, 0) is 14.3 Å².